The third-order valence-corrected chi connectivity index (χ3v) is 5.41. The van der Waals surface area contributed by atoms with Crippen LogP contribution in [-0.2, 0) is 19.1 Å². The molecule has 0 aromatic heterocycles. The maximum absolute atomic E-state index is 13.2. The summed E-state index contributed by atoms with van der Waals surface area (Å²) in [6, 6.07) is 7.52. The summed E-state index contributed by atoms with van der Waals surface area (Å²) in [6.45, 7) is 3.36. The summed E-state index contributed by atoms with van der Waals surface area (Å²) in [4.78, 5) is 50.4. The largest absolute Gasteiger partial charge is 0.493 e. The number of rotatable bonds is 6. The molecule has 10 heteroatoms. The fraction of sp³-hybridized carbons (Fsp3) is 0.217. The van der Waals surface area contributed by atoms with E-state index in [2.05, 4.69) is 26.0 Å². The molecule has 1 fully saturated rings. The van der Waals surface area contributed by atoms with E-state index in [4.69, 9.17) is 9.47 Å². The van der Waals surface area contributed by atoms with Gasteiger partial charge in [-0.15, -0.1) is 0 Å². The number of urea groups is 1. The van der Waals surface area contributed by atoms with Crippen LogP contribution in [0.25, 0.3) is 6.08 Å². The van der Waals surface area contributed by atoms with Crippen molar-refractivity contribution in [1.82, 2.24) is 5.32 Å². The molecule has 1 N–H and O–H groups in total. The van der Waals surface area contributed by atoms with Crippen LogP contribution in [0.15, 0.2) is 40.4 Å². The first-order valence-electron chi connectivity index (χ1n) is 9.71. The fourth-order valence-corrected chi connectivity index (χ4v) is 3.69. The van der Waals surface area contributed by atoms with E-state index in [1.165, 1.54) is 32.4 Å². The second-order valence-electron chi connectivity index (χ2n) is 7.19. The number of nitrogens with one attached hydrogen (secondary N) is 1. The summed E-state index contributed by atoms with van der Waals surface area (Å²) >= 11 is 3.37. The number of methoxy groups -OCH3 is 2. The summed E-state index contributed by atoms with van der Waals surface area (Å²) in [7, 11) is 2.65. The van der Waals surface area contributed by atoms with E-state index in [9.17, 15) is 19.2 Å². The highest BCUT2D eigenvalue weighted by atomic mass is 79.9. The quantitative estimate of drug-likeness (QED) is 0.356. The van der Waals surface area contributed by atoms with Gasteiger partial charge in [0.05, 0.1) is 19.9 Å². The van der Waals surface area contributed by atoms with E-state index < -0.39 is 23.8 Å². The zero-order valence-electron chi connectivity index (χ0n) is 18.4. The van der Waals surface area contributed by atoms with Crippen molar-refractivity contribution in [2.75, 3.05) is 25.7 Å². The zero-order chi connectivity index (χ0) is 24.3. The lowest BCUT2D eigenvalue weighted by atomic mass is 10.0. The van der Waals surface area contributed by atoms with Gasteiger partial charge in [-0.1, -0.05) is 22.0 Å². The van der Waals surface area contributed by atoms with Crippen molar-refractivity contribution in [3.05, 3.63) is 57.1 Å². The molecule has 33 heavy (non-hydrogen) atoms. The van der Waals surface area contributed by atoms with Crippen LogP contribution in [0.2, 0.25) is 0 Å². The Balaban J connectivity index is 2.00. The number of amides is 4. The second-order valence-corrected chi connectivity index (χ2v) is 8.05. The number of hydrogen-bond acceptors (Lipinski definition) is 7. The third kappa shape index (κ3) is 5.23. The first-order valence-corrected chi connectivity index (χ1v) is 10.5. The highest BCUT2D eigenvalue weighted by molar-refractivity contribution is 9.10. The monoisotopic (exact) mass is 516 g/mol. The highest BCUT2D eigenvalue weighted by Gasteiger charge is 2.37. The second kappa shape index (κ2) is 9.86. The summed E-state index contributed by atoms with van der Waals surface area (Å²) < 4.78 is 15.7. The van der Waals surface area contributed by atoms with Gasteiger partial charge in [0, 0.05) is 4.47 Å². The summed E-state index contributed by atoms with van der Waals surface area (Å²) in [5, 5.41) is 2.20. The maximum atomic E-state index is 13.2. The van der Waals surface area contributed by atoms with Crippen molar-refractivity contribution < 1.29 is 33.4 Å². The van der Waals surface area contributed by atoms with E-state index in [1.807, 2.05) is 19.9 Å². The topological polar surface area (TPSA) is 111 Å². The van der Waals surface area contributed by atoms with Gasteiger partial charge in [0.1, 0.15) is 5.57 Å². The van der Waals surface area contributed by atoms with Crippen molar-refractivity contribution in [3.63, 3.8) is 0 Å². The Morgan fingerprint density at radius 2 is 1.70 bits per heavy atom. The minimum Gasteiger partial charge on any atom is -0.493 e. The standard InChI is InChI=1S/C23H21BrN2O7/c1-12-5-13(2)7-15(6-12)26-22(29)16(21(28)25-23(26)30)8-14-9-18(31-3)19(10-17(14)24)33-11-20(27)32-4/h5-10H,11H2,1-4H3,(H,25,28,30). The molecule has 1 aliphatic heterocycles. The van der Waals surface area contributed by atoms with Gasteiger partial charge < -0.3 is 14.2 Å². The number of barbiturate groups is 1. The number of halogens is 1. The smallest absolute Gasteiger partial charge is 0.343 e. The molecule has 3 rings (SSSR count). The molecule has 9 nitrogen and oxygen atoms in total. The number of aryl methyl sites for hydroxylation is 2. The van der Waals surface area contributed by atoms with Crippen molar-refractivity contribution in [1.29, 1.82) is 0 Å². The van der Waals surface area contributed by atoms with E-state index >= 15 is 0 Å². The molecule has 0 unspecified atom stereocenters. The van der Waals surface area contributed by atoms with Crippen molar-refractivity contribution in [3.8, 4) is 11.5 Å². The van der Waals surface area contributed by atoms with Gasteiger partial charge >= 0.3 is 12.0 Å². The van der Waals surface area contributed by atoms with Crippen LogP contribution in [0, 0.1) is 13.8 Å². The number of carbonyl (C=O) groups is 4. The predicted octanol–water partition coefficient (Wildman–Crippen LogP) is 3.29. The third-order valence-electron chi connectivity index (χ3n) is 4.72. The van der Waals surface area contributed by atoms with Crippen molar-refractivity contribution >= 4 is 51.5 Å². The van der Waals surface area contributed by atoms with Crippen molar-refractivity contribution in [2.24, 2.45) is 0 Å². The molecule has 2 aromatic rings. The van der Waals surface area contributed by atoms with Gasteiger partial charge in [0.15, 0.2) is 18.1 Å². The minimum absolute atomic E-state index is 0.236. The first-order chi connectivity index (χ1) is 15.6. The summed E-state index contributed by atoms with van der Waals surface area (Å²) in [5.41, 5.74) is 2.27. The number of carbonyl (C=O) groups excluding carboxylic acids is 4. The molecule has 172 valence electrons. The van der Waals surface area contributed by atoms with Gasteiger partial charge in [-0.05, 0) is 60.9 Å². The normalized spacial score (nSPS) is 14.9. The van der Waals surface area contributed by atoms with Crippen LogP contribution in [0.4, 0.5) is 10.5 Å². The average Bonchev–Trinajstić information content (AvgIpc) is 2.75. The number of nitrogens with zero attached hydrogens (tertiary/aromatic N) is 1. The van der Waals surface area contributed by atoms with Gasteiger partial charge in [-0.3, -0.25) is 14.9 Å². The molecule has 0 radical (unpaired) electrons. The van der Waals surface area contributed by atoms with Crippen LogP contribution in [-0.4, -0.2) is 44.6 Å². The SMILES string of the molecule is COC(=O)COc1cc(Br)c(C=C2C(=O)NC(=O)N(c3cc(C)cc(C)c3)C2=O)cc1OC. The molecule has 1 saturated heterocycles. The molecule has 2 aromatic carbocycles. The molecule has 4 amide bonds. The molecule has 1 aliphatic rings. The molecule has 0 saturated carbocycles. The molecular formula is C23H21BrN2O7. The Kier molecular flexibility index (Phi) is 7.17. The Hall–Kier alpha value is -3.66. The van der Waals surface area contributed by atoms with E-state index in [0.717, 1.165) is 16.0 Å². The van der Waals surface area contributed by atoms with Crippen LogP contribution in [0.5, 0.6) is 11.5 Å². The van der Waals surface area contributed by atoms with Crippen LogP contribution in [0.3, 0.4) is 0 Å². The van der Waals surface area contributed by atoms with Gasteiger partial charge in [0.25, 0.3) is 11.8 Å². The average molecular weight is 517 g/mol. The van der Waals surface area contributed by atoms with Crippen LogP contribution >= 0.6 is 15.9 Å². The number of hydrogen-bond donors (Lipinski definition) is 1. The van der Waals surface area contributed by atoms with Crippen LogP contribution in [0.1, 0.15) is 16.7 Å². The number of anilines is 1. The van der Waals surface area contributed by atoms with E-state index in [-0.39, 0.29) is 23.7 Å². The number of esters is 1. The first kappa shape index (κ1) is 24.0. The lowest BCUT2D eigenvalue weighted by Crippen LogP contribution is -2.54. The van der Waals surface area contributed by atoms with Crippen LogP contribution < -0.4 is 19.7 Å². The molecule has 1 heterocycles. The Labute approximate surface area is 198 Å². The highest BCUT2D eigenvalue weighted by Crippen LogP contribution is 2.35. The summed E-state index contributed by atoms with van der Waals surface area (Å²) in [6.07, 6.45) is 1.34. The molecular weight excluding hydrogens is 496 g/mol. The summed E-state index contributed by atoms with van der Waals surface area (Å²) in [5.74, 6) is -1.63. The fourth-order valence-electron chi connectivity index (χ4n) is 3.26. The Morgan fingerprint density at radius 3 is 2.30 bits per heavy atom. The van der Waals surface area contributed by atoms with Gasteiger partial charge in [-0.2, -0.15) is 0 Å². The van der Waals surface area contributed by atoms with Crippen molar-refractivity contribution in [2.45, 2.75) is 13.8 Å². The number of benzene rings is 2. The molecule has 0 spiro atoms. The number of ether oxygens (including phenoxy) is 3. The molecule has 0 bridgehead atoms. The van der Waals surface area contributed by atoms with E-state index in [0.29, 0.717) is 15.7 Å². The maximum Gasteiger partial charge on any atom is 0.343 e. The van der Waals surface area contributed by atoms with Gasteiger partial charge in [-0.25, -0.2) is 14.5 Å². The lowest BCUT2D eigenvalue weighted by Gasteiger charge is -2.27. The Bertz CT molecular complexity index is 1170. The number of imide groups is 2. The lowest BCUT2D eigenvalue weighted by molar-refractivity contribution is -0.143. The minimum atomic E-state index is -0.824. The zero-order valence-corrected chi connectivity index (χ0v) is 19.9. The molecule has 0 aliphatic carbocycles. The molecule has 0 atom stereocenters. The predicted molar refractivity (Wildman–Crippen MR) is 123 cm³/mol. The Morgan fingerprint density at radius 1 is 1.03 bits per heavy atom. The van der Waals surface area contributed by atoms with Gasteiger partial charge in [0.2, 0.25) is 0 Å². The van der Waals surface area contributed by atoms with E-state index in [1.54, 1.807) is 12.1 Å².